The Morgan fingerprint density at radius 1 is 0.759 bits per heavy atom. The van der Waals surface area contributed by atoms with Crippen LogP contribution in [0.1, 0.15) is 123 Å². The van der Waals surface area contributed by atoms with Gasteiger partial charge in [-0.2, -0.15) is 0 Å². The number of nitrogens with two attached hydrogens (primary N) is 1. The molecule has 0 amide bonds. The van der Waals surface area contributed by atoms with E-state index in [4.69, 9.17) is 10.5 Å². The summed E-state index contributed by atoms with van der Waals surface area (Å²) in [6, 6.07) is -0.738. The average molecular weight is 416 g/mol. The molecule has 5 heteroatoms. The van der Waals surface area contributed by atoms with E-state index in [1.54, 1.807) is 0 Å². The zero-order valence-electron chi connectivity index (χ0n) is 19.2. The first-order chi connectivity index (χ1) is 14.0. The van der Waals surface area contributed by atoms with E-state index in [0.717, 1.165) is 32.1 Å². The number of hydrogen-bond acceptors (Lipinski definition) is 5. The Morgan fingerprint density at radius 2 is 1.21 bits per heavy atom. The maximum atomic E-state index is 11.6. The van der Waals surface area contributed by atoms with Crippen LogP contribution in [0.3, 0.4) is 0 Å². The van der Waals surface area contributed by atoms with Gasteiger partial charge >= 0.3 is 5.97 Å². The molecule has 0 aromatic carbocycles. The summed E-state index contributed by atoms with van der Waals surface area (Å²) >= 11 is 0. The topological polar surface area (TPSA) is 92.8 Å². The molecule has 3 atom stereocenters. The van der Waals surface area contributed by atoms with Crippen molar-refractivity contribution in [3.8, 4) is 0 Å². The highest BCUT2D eigenvalue weighted by atomic mass is 16.5. The second-order valence-corrected chi connectivity index (χ2v) is 8.54. The lowest BCUT2D eigenvalue weighted by Gasteiger charge is -2.23. The molecule has 0 aliphatic carbocycles. The van der Waals surface area contributed by atoms with Crippen LogP contribution in [0.5, 0.6) is 0 Å². The number of rotatable bonds is 21. The Labute approximate surface area is 179 Å². The van der Waals surface area contributed by atoms with Crippen LogP contribution in [0.2, 0.25) is 0 Å². The Morgan fingerprint density at radius 3 is 1.72 bits per heavy atom. The molecule has 5 nitrogen and oxygen atoms in total. The summed E-state index contributed by atoms with van der Waals surface area (Å²) in [5, 5.41) is 20.2. The predicted octanol–water partition coefficient (Wildman–Crippen LogP) is 5.25. The summed E-state index contributed by atoms with van der Waals surface area (Å²) in [6.07, 6.45) is 17.1. The van der Waals surface area contributed by atoms with Crippen LogP contribution in [0, 0.1) is 0 Å². The van der Waals surface area contributed by atoms with Crippen molar-refractivity contribution >= 4 is 5.97 Å². The zero-order chi connectivity index (χ0) is 21.7. The second-order valence-electron chi connectivity index (χ2n) is 8.54. The van der Waals surface area contributed by atoms with E-state index in [2.05, 4.69) is 13.8 Å². The van der Waals surface area contributed by atoms with Gasteiger partial charge < -0.3 is 20.7 Å². The standard InChI is InChI=1S/C24H49NO4/c1-3-5-7-8-9-10-11-12-13-14-15-17-18-22(26)24(28)21(25)20-29-23(27)19-16-6-4-2/h21-22,24,26,28H,3-20,25H2,1-2H3/t21-,22+,24+/m0/s1. The SMILES string of the molecule is CCCCCCCCCCCCCC[C@@H](O)[C@H](O)[C@@H](N)COC(=O)CCCCC. The predicted molar refractivity (Wildman–Crippen MR) is 121 cm³/mol. The van der Waals surface area contributed by atoms with Crippen molar-refractivity contribution in [3.05, 3.63) is 0 Å². The quantitative estimate of drug-likeness (QED) is 0.176. The molecular weight excluding hydrogens is 366 g/mol. The molecule has 0 aromatic rings. The minimum absolute atomic E-state index is 0.0401. The molecule has 0 rings (SSSR count). The Bertz CT molecular complexity index is 365. The third kappa shape index (κ3) is 17.9. The lowest BCUT2D eigenvalue weighted by molar-refractivity contribution is -0.145. The molecule has 0 aliphatic rings. The fourth-order valence-corrected chi connectivity index (χ4v) is 3.53. The number of esters is 1. The number of unbranched alkanes of at least 4 members (excludes halogenated alkanes) is 13. The third-order valence-electron chi connectivity index (χ3n) is 5.61. The summed E-state index contributed by atoms with van der Waals surface area (Å²) in [6.45, 7) is 4.29. The molecule has 0 saturated carbocycles. The normalized spacial score (nSPS) is 14.5. The molecule has 0 aromatic heterocycles. The molecule has 174 valence electrons. The third-order valence-corrected chi connectivity index (χ3v) is 5.61. The van der Waals surface area contributed by atoms with Crippen molar-refractivity contribution in [2.45, 2.75) is 141 Å². The maximum Gasteiger partial charge on any atom is 0.305 e. The van der Waals surface area contributed by atoms with Crippen LogP contribution in [0.15, 0.2) is 0 Å². The molecule has 0 heterocycles. The number of aliphatic hydroxyl groups excluding tert-OH is 2. The summed E-state index contributed by atoms with van der Waals surface area (Å²) in [5.41, 5.74) is 5.87. The van der Waals surface area contributed by atoms with Crippen LogP contribution in [0.4, 0.5) is 0 Å². The molecular formula is C24H49NO4. The van der Waals surface area contributed by atoms with Gasteiger partial charge in [0.15, 0.2) is 0 Å². The first-order valence-electron chi connectivity index (χ1n) is 12.3. The lowest BCUT2D eigenvalue weighted by Crippen LogP contribution is -2.46. The second kappa shape index (κ2) is 20.6. The van der Waals surface area contributed by atoms with Gasteiger partial charge in [0.2, 0.25) is 0 Å². The summed E-state index contributed by atoms with van der Waals surface area (Å²) < 4.78 is 5.10. The van der Waals surface area contributed by atoms with E-state index in [9.17, 15) is 15.0 Å². The zero-order valence-corrected chi connectivity index (χ0v) is 19.2. The summed E-state index contributed by atoms with van der Waals surface area (Å²) in [4.78, 5) is 11.6. The lowest BCUT2D eigenvalue weighted by atomic mass is 10.00. The average Bonchev–Trinajstić information content (AvgIpc) is 2.72. The van der Waals surface area contributed by atoms with Gasteiger partial charge in [-0.25, -0.2) is 0 Å². The van der Waals surface area contributed by atoms with Crippen LogP contribution in [0.25, 0.3) is 0 Å². The van der Waals surface area contributed by atoms with Gasteiger partial charge in [-0.15, -0.1) is 0 Å². The Kier molecular flexibility index (Phi) is 20.2. The van der Waals surface area contributed by atoms with Gasteiger partial charge in [0.25, 0.3) is 0 Å². The number of ether oxygens (including phenoxy) is 1. The number of aliphatic hydroxyl groups is 2. The van der Waals surface area contributed by atoms with E-state index in [1.165, 1.54) is 64.2 Å². The van der Waals surface area contributed by atoms with Gasteiger partial charge in [-0.1, -0.05) is 104 Å². The maximum absolute atomic E-state index is 11.6. The fraction of sp³-hybridized carbons (Fsp3) is 0.958. The van der Waals surface area contributed by atoms with Crippen LogP contribution < -0.4 is 5.73 Å². The highest BCUT2D eigenvalue weighted by Gasteiger charge is 2.24. The van der Waals surface area contributed by atoms with E-state index in [0.29, 0.717) is 12.8 Å². The number of carbonyl (C=O) groups excluding carboxylic acids is 1. The molecule has 0 spiro atoms. The van der Waals surface area contributed by atoms with Gasteiger partial charge in [0, 0.05) is 6.42 Å². The van der Waals surface area contributed by atoms with Gasteiger partial charge in [0.05, 0.1) is 18.2 Å². The van der Waals surface area contributed by atoms with Crippen LogP contribution >= 0.6 is 0 Å². The summed E-state index contributed by atoms with van der Waals surface area (Å²) in [7, 11) is 0. The highest BCUT2D eigenvalue weighted by molar-refractivity contribution is 5.69. The fourth-order valence-electron chi connectivity index (χ4n) is 3.53. The van der Waals surface area contributed by atoms with Crippen molar-refractivity contribution in [1.29, 1.82) is 0 Å². The number of hydrogen-bond donors (Lipinski definition) is 3. The minimum Gasteiger partial charge on any atom is -0.464 e. The molecule has 4 N–H and O–H groups in total. The molecule has 0 unspecified atom stereocenters. The van der Waals surface area contributed by atoms with Crippen LogP contribution in [-0.2, 0) is 9.53 Å². The highest BCUT2D eigenvalue weighted by Crippen LogP contribution is 2.14. The van der Waals surface area contributed by atoms with Crippen molar-refractivity contribution in [1.82, 2.24) is 0 Å². The van der Waals surface area contributed by atoms with Crippen molar-refractivity contribution in [2.75, 3.05) is 6.61 Å². The van der Waals surface area contributed by atoms with Crippen molar-refractivity contribution in [3.63, 3.8) is 0 Å². The first-order valence-corrected chi connectivity index (χ1v) is 12.3. The smallest absolute Gasteiger partial charge is 0.305 e. The van der Waals surface area contributed by atoms with E-state index in [1.807, 2.05) is 0 Å². The number of carbonyl (C=O) groups is 1. The summed E-state index contributed by atoms with van der Waals surface area (Å²) in [5.74, 6) is -0.281. The molecule has 0 fully saturated rings. The molecule has 29 heavy (non-hydrogen) atoms. The van der Waals surface area contributed by atoms with Crippen molar-refractivity contribution in [2.24, 2.45) is 5.73 Å². The molecule has 0 bridgehead atoms. The minimum atomic E-state index is -1.05. The first kappa shape index (κ1) is 28.4. The van der Waals surface area contributed by atoms with E-state index >= 15 is 0 Å². The van der Waals surface area contributed by atoms with Gasteiger partial charge in [0.1, 0.15) is 6.61 Å². The molecule has 0 saturated heterocycles. The van der Waals surface area contributed by atoms with Crippen molar-refractivity contribution < 1.29 is 19.7 Å². The Hall–Kier alpha value is -0.650. The largest absolute Gasteiger partial charge is 0.464 e. The molecule has 0 radical (unpaired) electrons. The van der Waals surface area contributed by atoms with E-state index < -0.39 is 18.2 Å². The monoisotopic (exact) mass is 415 g/mol. The van der Waals surface area contributed by atoms with Gasteiger partial charge in [-0.05, 0) is 12.8 Å². The van der Waals surface area contributed by atoms with Gasteiger partial charge in [-0.3, -0.25) is 4.79 Å². The molecule has 0 aliphatic heterocycles. The Balaban J connectivity index is 3.58. The van der Waals surface area contributed by atoms with E-state index in [-0.39, 0.29) is 12.6 Å². The van der Waals surface area contributed by atoms with Crippen LogP contribution in [-0.4, -0.2) is 41.0 Å².